The van der Waals surface area contributed by atoms with E-state index in [0.29, 0.717) is 11.6 Å². The quantitative estimate of drug-likeness (QED) is 0.782. The van der Waals surface area contributed by atoms with Crippen LogP contribution in [-0.2, 0) is 6.54 Å². The molecule has 0 spiro atoms. The molecule has 0 aliphatic rings. The van der Waals surface area contributed by atoms with Gasteiger partial charge in [0.25, 0.3) is 0 Å². The van der Waals surface area contributed by atoms with E-state index >= 15 is 0 Å². The number of hydrogen-bond acceptors (Lipinski definition) is 2. The number of aliphatic hydroxyl groups is 1. The maximum atomic E-state index is 8.99. The van der Waals surface area contributed by atoms with E-state index in [2.05, 4.69) is 5.10 Å². The van der Waals surface area contributed by atoms with Crippen molar-refractivity contribution in [2.24, 2.45) is 5.41 Å². The largest absolute Gasteiger partial charge is 0.396 e. The SMILES string of the molecule is CC(C)(CO)Cn1cc(Cl)cn1. The van der Waals surface area contributed by atoms with E-state index in [0.717, 1.165) is 0 Å². The van der Waals surface area contributed by atoms with Crippen molar-refractivity contribution in [3.63, 3.8) is 0 Å². The van der Waals surface area contributed by atoms with E-state index in [-0.39, 0.29) is 12.0 Å². The van der Waals surface area contributed by atoms with E-state index in [9.17, 15) is 0 Å². The van der Waals surface area contributed by atoms with Crippen molar-refractivity contribution >= 4 is 11.6 Å². The van der Waals surface area contributed by atoms with Crippen LogP contribution < -0.4 is 0 Å². The van der Waals surface area contributed by atoms with Gasteiger partial charge in [0.1, 0.15) is 0 Å². The van der Waals surface area contributed by atoms with Crippen LogP contribution in [0.4, 0.5) is 0 Å². The normalized spacial score (nSPS) is 12.0. The molecule has 68 valence electrons. The van der Waals surface area contributed by atoms with Crippen LogP contribution in [0.15, 0.2) is 12.4 Å². The summed E-state index contributed by atoms with van der Waals surface area (Å²) in [6, 6.07) is 0. The summed E-state index contributed by atoms with van der Waals surface area (Å²) in [6.45, 7) is 4.77. The minimum absolute atomic E-state index is 0.143. The molecule has 0 saturated heterocycles. The van der Waals surface area contributed by atoms with Crippen molar-refractivity contribution in [3.05, 3.63) is 17.4 Å². The number of hydrogen-bond donors (Lipinski definition) is 1. The van der Waals surface area contributed by atoms with Gasteiger partial charge in [-0.25, -0.2) is 0 Å². The Morgan fingerprint density at radius 2 is 2.33 bits per heavy atom. The third kappa shape index (κ3) is 2.50. The minimum atomic E-state index is -0.144. The van der Waals surface area contributed by atoms with E-state index < -0.39 is 0 Å². The first kappa shape index (κ1) is 9.55. The van der Waals surface area contributed by atoms with Crippen molar-refractivity contribution in [3.8, 4) is 0 Å². The zero-order valence-corrected chi connectivity index (χ0v) is 8.04. The zero-order chi connectivity index (χ0) is 9.19. The second kappa shape index (κ2) is 3.46. The van der Waals surface area contributed by atoms with Crippen molar-refractivity contribution < 1.29 is 5.11 Å². The van der Waals surface area contributed by atoms with Crippen LogP contribution in [-0.4, -0.2) is 21.5 Å². The van der Waals surface area contributed by atoms with Crippen LogP contribution in [0.25, 0.3) is 0 Å². The van der Waals surface area contributed by atoms with Crippen LogP contribution in [0.2, 0.25) is 5.02 Å². The van der Waals surface area contributed by atoms with Gasteiger partial charge in [0.15, 0.2) is 0 Å². The lowest BCUT2D eigenvalue weighted by Gasteiger charge is -2.20. The number of nitrogens with zero attached hydrogens (tertiary/aromatic N) is 2. The van der Waals surface area contributed by atoms with Gasteiger partial charge in [-0.3, -0.25) is 4.68 Å². The third-order valence-corrected chi connectivity index (χ3v) is 1.81. The van der Waals surface area contributed by atoms with Gasteiger partial charge < -0.3 is 5.11 Å². The molecule has 0 aliphatic heterocycles. The topological polar surface area (TPSA) is 38.0 Å². The molecule has 0 aliphatic carbocycles. The summed E-state index contributed by atoms with van der Waals surface area (Å²) in [7, 11) is 0. The Hall–Kier alpha value is -0.540. The number of aliphatic hydroxyl groups excluding tert-OH is 1. The molecule has 4 heteroatoms. The summed E-state index contributed by atoms with van der Waals surface area (Å²) in [5.41, 5.74) is -0.144. The lowest BCUT2D eigenvalue weighted by molar-refractivity contribution is 0.136. The summed E-state index contributed by atoms with van der Waals surface area (Å²) in [5.74, 6) is 0. The van der Waals surface area contributed by atoms with E-state index in [1.54, 1.807) is 17.1 Å². The fourth-order valence-electron chi connectivity index (χ4n) is 0.913. The Labute approximate surface area is 77.0 Å². The maximum absolute atomic E-state index is 8.99. The molecule has 0 unspecified atom stereocenters. The van der Waals surface area contributed by atoms with Gasteiger partial charge in [0.05, 0.1) is 11.2 Å². The first-order valence-electron chi connectivity index (χ1n) is 3.82. The van der Waals surface area contributed by atoms with Gasteiger partial charge >= 0.3 is 0 Å². The van der Waals surface area contributed by atoms with Gasteiger partial charge in [-0.2, -0.15) is 5.10 Å². The van der Waals surface area contributed by atoms with Crippen LogP contribution in [0.1, 0.15) is 13.8 Å². The third-order valence-electron chi connectivity index (χ3n) is 1.62. The Morgan fingerprint density at radius 3 is 2.75 bits per heavy atom. The first-order chi connectivity index (χ1) is 5.53. The van der Waals surface area contributed by atoms with Crippen LogP contribution in [0, 0.1) is 5.41 Å². The predicted molar refractivity (Wildman–Crippen MR) is 48.1 cm³/mol. The predicted octanol–water partition coefficient (Wildman–Crippen LogP) is 1.55. The van der Waals surface area contributed by atoms with Crippen molar-refractivity contribution in [2.75, 3.05) is 6.61 Å². The van der Waals surface area contributed by atoms with Crippen molar-refractivity contribution in [1.29, 1.82) is 0 Å². The average Bonchev–Trinajstić information content (AvgIpc) is 2.35. The van der Waals surface area contributed by atoms with Crippen LogP contribution >= 0.6 is 11.6 Å². The summed E-state index contributed by atoms with van der Waals surface area (Å²) < 4.78 is 1.73. The molecule has 3 nitrogen and oxygen atoms in total. The highest BCUT2D eigenvalue weighted by atomic mass is 35.5. The number of rotatable bonds is 3. The molecule has 0 fully saturated rings. The lowest BCUT2D eigenvalue weighted by Crippen LogP contribution is -2.23. The molecule has 12 heavy (non-hydrogen) atoms. The van der Waals surface area contributed by atoms with Gasteiger partial charge in [-0.1, -0.05) is 25.4 Å². The van der Waals surface area contributed by atoms with E-state index in [1.807, 2.05) is 13.8 Å². The molecule has 0 bridgehead atoms. The monoisotopic (exact) mass is 188 g/mol. The lowest BCUT2D eigenvalue weighted by atomic mass is 9.95. The van der Waals surface area contributed by atoms with E-state index in [1.165, 1.54) is 0 Å². The first-order valence-corrected chi connectivity index (χ1v) is 4.20. The molecule has 1 N–H and O–H groups in total. The second-order valence-electron chi connectivity index (χ2n) is 3.68. The van der Waals surface area contributed by atoms with Gasteiger partial charge in [-0.15, -0.1) is 0 Å². The second-order valence-corrected chi connectivity index (χ2v) is 4.11. The number of aromatic nitrogens is 2. The van der Waals surface area contributed by atoms with Gasteiger partial charge in [-0.05, 0) is 0 Å². The summed E-state index contributed by atoms with van der Waals surface area (Å²) in [6.07, 6.45) is 3.34. The molecule has 0 radical (unpaired) electrons. The Balaban J connectivity index is 2.63. The smallest absolute Gasteiger partial charge is 0.0785 e. The average molecular weight is 189 g/mol. The van der Waals surface area contributed by atoms with Gasteiger partial charge in [0, 0.05) is 24.8 Å². The molecule has 0 atom stereocenters. The molecule has 1 aromatic rings. The fourth-order valence-corrected chi connectivity index (χ4v) is 1.07. The summed E-state index contributed by atoms with van der Waals surface area (Å²) in [4.78, 5) is 0. The van der Waals surface area contributed by atoms with Gasteiger partial charge in [0.2, 0.25) is 0 Å². The Bertz CT molecular complexity index is 257. The highest BCUT2D eigenvalue weighted by Crippen LogP contribution is 2.17. The van der Waals surface area contributed by atoms with Crippen LogP contribution in [0.5, 0.6) is 0 Å². The zero-order valence-electron chi connectivity index (χ0n) is 7.29. The Morgan fingerprint density at radius 1 is 1.67 bits per heavy atom. The number of halogens is 1. The maximum Gasteiger partial charge on any atom is 0.0785 e. The van der Waals surface area contributed by atoms with Crippen molar-refractivity contribution in [1.82, 2.24) is 9.78 Å². The van der Waals surface area contributed by atoms with Crippen LogP contribution in [0.3, 0.4) is 0 Å². The molecule has 0 aromatic carbocycles. The molecular formula is C8H13ClN2O. The fraction of sp³-hybridized carbons (Fsp3) is 0.625. The molecule has 0 saturated carbocycles. The summed E-state index contributed by atoms with van der Waals surface area (Å²) >= 11 is 5.69. The molecule has 1 aromatic heterocycles. The Kier molecular flexibility index (Phi) is 2.75. The molecular weight excluding hydrogens is 176 g/mol. The molecule has 1 rings (SSSR count). The summed E-state index contributed by atoms with van der Waals surface area (Å²) in [5, 5.41) is 13.6. The molecule has 1 heterocycles. The highest BCUT2D eigenvalue weighted by Gasteiger charge is 2.17. The highest BCUT2D eigenvalue weighted by molar-refractivity contribution is 6.30. The van der Waals surface area contributed by atoms with Crippen molar-refractivity contribution in [2.45, 2.75) is 20.4 Å². The molecule has 0 amide bonds. The standard InChI is InChI=1S/C8H13ClN2O/c1-8(2,6-12)5-11-4-7(9)3-10-11/h3-4,12H,5-6H2,1-2H3. The minimum Gasteiger partial charge on any atom is -0.396 e. The van der Waals surface area contributed by atoms with E-state index in [4.69, 9.17) is 16.7 Å².